The van der Waals surface area contributed by atoms with Gasteiger partial charge in [-0.1, -0.05) is 12.1 Å². The lowest BCUT2D eigenvalue weighted by Crippen LogP contribution is -2.13. The van der Waals surface area contributed by atoms with E-state index in [1.807, 2.05) is 18.2 Å². The van der Waals surface area contributed by atoms with Gasteiger partial charge in [-0.3, -0.25) is 9.78 Å². The molecule has 0 spiro atoms. The maximum atomic E-state index is 12.1. The standard InChI is InChI=1S/C15H9BrN2O3/c16-11-6-9-2-1-3-12(14(9)17-7-11)18-15(20)10-4-5-13(19)21-8-10/h1-8H,(H,18,20). The molecule has 2 aromatic heterocycles. The highest BCUT2D eigenvalue weighted by atomic mass is 79.9. The number of carbonyl (C=O) groups excluding carboxylic acids is 1. The van der Waals surface area contributed by atoms with Crippen LogP contribution in [0.3, 0.4) is 0 Å². The quantitative estimate of drug-likeness (QED) is 0.774. The van der Waals surface area contributed by atoms with Crippen LogP contribution in [-0.4, -0.2) is 10.9 Å². The highest BCUT2D eigenvalue weighted by Crippen LogP contribution is 2.24. The van der Waals surface area contributed by atoms with Gasteiger partial charge in [0.1, 0.15) is 6.26 Å². The molecule has 0 aliphatic heterocycles. The van der Waals surface area contributed by atoms with Crippen molar-refractivity contribution in [3.05, 3.63) is 69.3 Å². The first-order chi connectivity index (χ1) is 10.1. The Bertz CT molecular complexity index is 869. The van der Waals surface area contributed by atoms with E-state index in [4.69, 9.17) is 0 Å². The molecule has 1 amide bonds. The molecule has 0 aliphatic rings. The lowest BCUT2D eigenvalue weighted by Gasteiger charge is -2.07. The zero-order valence-electron chi connectivity index (χ0n) is 10.7. The second kappa shape index (κ2) is 5.49. The fraction of sp³-hybridized carbons (Fsp3) is 0. The minimum absolute atomic E-state index is 0.267. The van der Waals surface area contributed by atoms with E-state index in [0.717, 1.165) is 16.1 Å². The smallest absolute Gasteiger partial charge is 0.335 e. The number of amides is 1. The Morgan fingerprint density at radius 3 is 2.86 bits per heavy atom. The highest BCUT2D eigenvalue weighted by Gasteiger charge is 2.10. The zero-order chi connectivity index (χ0) is 14.8. The summed E-state index contributed by atoms with van der Waals surface area (Å²) in [5, 5.41) is 3.67. The average molecular weight is 345 g/mol. The van der Waals surface area contributed by atoms with Gasteiger partial charge >= 0.3 is 5.63 Å². The van der Waals surface area contributed by atoms with Crippen LogP contribution in [0.15, 0.2) is 62.5 Å². The topological polar surface area (TPSA) is 72.2 Å². The molecule has 3 aromatic rings. The van der Waals surface area contributed by atoms with Crippen molar-refractivity contribution in [1.82, 2.24) is 4.98 Å². The number of hydrogen-bond donors (Lipinski definition) is 1. The average Bonchev–Trinajstić information content (AvgIpc) is 2.47. The Balaban J connectivity index is 1.96. The third-order valence-corrected chi connectivity index (χ3v) is 3.32. The summed E-state index contributed by atoms with van der Waals surface area (Å²) in [6, 6.07) is 10.0. The molecule has 1 N–H and O–H groups in total. The van der Waals surface area contributed by atoms with Gasteiger partial charge in [-0.15, -0.1) is 0 Å². The van der Waals surface area contributed by atoms with Gasteiger partial charge in [-0.05, 0) is 34.1 Å². The van der Waals surface area contributed by atoms with E-state index in [9.17, 15) is 9.59 Å². The lowest BCUT2D eigenvalue weighted by molar-refractivity contribution is 0.102. The predicted molar refractivity (Wildman–Crippen MR) is 82.4 cm³/mol. The molecule has 0 saturated carbocycles. The van der Waals surface area contributed by atoms with Crippen molar-refractivity contribution in [1.29, 1.82) is 0 Å². The largest absolute Gasteiger partial charge is 0.430 e. The molecular weight excluding hydrogens is 336 g/mol. The van der Waals surface area contributed by atoms with Gasteiger partial charge in [-0.2, -0.15) is 0 Å². The number of fused-ring (bicyclic) bond motifs is 1. The normalized spacial score (nSPS) is 10.5. The van der Waals surface area contributed by atoms with E-state index >= 15 is 0 Å². The van der Waals surface area contributed by atoms with E-state index in [1.54, 1.807) is 12.3 Å². The molecule has 0 atom stereocenters. The van der Waals surface area contributed by atoms with Gasteiger partial charge in [0.2, 0.25) is 0 Å². The van der Waals surface area contributed by atoms with Crippen LogP contribution in [0.5, 0.6) is 0 Å². The van der Waals surface area contributed by atoms with E-state index < -0.39 is 5.63 Å². The highest BCUT2D eigenvalue weighted by molar-refractivity contribution is 9.10. The molecular formula is C15H9BrN2O3. The first kappa shape index (κ1) is 13.5. The molecule has 104 valence electrons. The molecule has 0 saturated heterocycles. The Kier molecular flexibility index (Phi) is 3.53. The van der Waals surface area contributed by atoms with Crippen LogP contribution in [0.25, 0.3) is 10.9 Å². The fourth-order valence-electron chi connectivity index (χ4n) is 1.92. The molecule has 0 aliphatic carbocycles. The van der Waals surface area contributed by atoms with Crippen LogP contribution in [0.4, 0.5) is 5.69 Å². The molecule has 0 bridgehead atoms. The van der Waals surface area contributed by atoms with Gasteiger partial charge in [-0.25, -0.2) is 4.79 Å². The summed E-state index contributed by atoms with van der Waals surface area (Å²) in [5.41, 5.74) is 1.05. The second-order valence-corrected chi connectivity index (χ2v) is 5.24. The molecule has 2 heterocycles. The molecule has 3 rings (SSSR count). The SMILES string of the molecule is O=C(Nc1cccc2cc(Br)cnc12)c1ccc(=O)oc1. The van der Waals surface area contributed by atoms with Crippen molar-refractivity contribution < 1.29 is 9.21 Å². The molecule has 0 radical (unpaired) electrons. The monoisotopic (exact) mass is 344 g/mol. The van der Waals surface area contributed by atoms with Crippen LogP contribution in [0.2, 0.25) is 0 Å². The third kappa shape index (κ3) is 2.85. The van der Waals surface area contributed by atoms with Crippen molar-refractivity contribution >= 4 is 38.4 Å². The van der Waals surface area contributed by atoms with Crippen LogP contribution in [0.1, 0.15) is 10.4 Å². The van der Waals surface area contributed by atoms with E-state index in [1.165, 1.54) is 12.1 Å². The summed E-state index contributed by atoms with van der Waals surface area (Å²) >= 11 is 3.36. The number of anilines is 1. The summed E-state index contributed by atoms with van der Waals surface area (Å²) < 4.78 is 5.55. The van der Waals surface area contributed by atoms with Crippen LogP contribution >= 0.6 is 15.9 Å². The molecule has 21 heavy (non-hydrogen) atoms. The van der Waals surface area contributed by atoms with Crippen molar-refractivity contribution in [2.24, 2.45) is 0 Å². The Labute approximate surface area is 127 Å². The van der Waals surface area contributed by atoms with Crippen molar-refractivity contribution in [2.75, 3.05) is 5.32 Å². The van der Waals surface area contributed by atoms with Crippen molar-refractivity contribution in [3.8, 4) is 0 Å². The number of nitrogens with one attached hydrogen (secondary N) is 1. The molecule has 0 unspecified atom stereocenters. The summed E-state index contributed by atoms with van der Waals surface area (Å²) in [7, 11) is 0. The zero-order valence-corrected chi connectivity index (χ0v) is 12.3. The number of benzene rings is 1. The summed E-state index contributed by atoms with van der Waals surface area (Å²) in [5.74, 6) is -0.365. The van der Waals surface area contributed by atoms with Crippen molar-refractivity contribution in [2.45, 2.75) is 0 Å². The number of halogens is 1. The Morgan fingerprint density at radius 2 is 2.10 bits per heavy atom. The van der Waals surface area contributed by atoms with Crippen LogP contribution in [0, 0.1) is 0 Å². The first-order valence-electron chi connectivity index (χ1n) is 6.08. The van der Waals surface area contributed by atoms with E-state index in [2.05, 4.69) is 30.6 Å². The maximum absolute atomic E-state index is 12.1. The van der Waals surface area contributed by atoms with Gasteiger partial charge in [0.15, 0.2) is 0 Å². The van der Waals surface area contributed by atoms with Gasteiger partial charge < -0.3 is 9.73 Å². The first-order valence-corrected chi connectivity index (χ1v) is 6.87. The number of rotatable bonds is 2. The molecule has 6 heteroatoms. The number of para-hydroxylation sites is 1. The Hall–Kier alpha value is -2.47. The number of hydrogen-bond acceptors (Lipinski definition) is 4. The lowest BCUT2D eigenvalue weighted by atomic mass is 10.2. The van der Waals surface area contributed by atoms with Crippen LogP contribution in [-0.2, 0) is 0 Å². The number of carbonyl (C=O) groups is 1. The van der Waals surface area contributed by atoms with E-state index in [0.29, 0.717) is 11.2 Å². The minimum atomic E-state index is -0.497. The van der Waals surface area contributed by atoms with Crippen molar-refractivity contribution in [3.63, 3.8) is 0 Å². The Morgan fingerprint density at radius 1 is 1.24 bits per heavy atom. The van der Waals surface area contributed by atoms with Crippen LogP contribution < -0.4 is 10.9 Å². The molecule has 1 aromatic carbocycles. The summed E-state index contributed by atoms with van der Waals surface area (Å²) in [4.78, 5) is 27.3. The molecule has 0 fully saturated rings. The number of pyridine rings is 1. The fourth-order valence-corrected chi connectivity index (χ4v) is 2.27. The van der Waals surface area contributed by atoms with Gasteiger partial charge in [0.05, 0.1) is 16.8 Å². The molecule has 5 nitrogen and oxygen atoms in total. The summed E-state index contributed by atoms with van der Waals surface area (Å²) in [6.45, 7) is 0. The number of aromatic nitrogens is 1. The minimum Gasteiger partial charge on any atom is -0.430 e. The summed E-state index contributed by atoms with van der Waals surface area (Å²) in [6.07, 6.45) is 2.80. The van der Waals surface area contributed by atoms with E-state index in [-0.39, 0.29) is 11.5 Å². The van der Waals surface area contributed by atoms with Gasteiger partial charge in [0, 0.05) is 22.1 Å². The second-order valence-electron chi connectivity index (χ2n) is 4.33. The number of nitrogens with zero attached hydrogens (tertiary/aromatic N) is 1. The third-order valence-electron chi connectivity index (χ3n) is 2.89. The van der Waals surface area contributed by atoms with Gasteiger partial charge in [0.25, 0.3) is 5.91 Å². The maximum Gasteiger partial charge on any atom is 0.335 e. The predicted octanol–water partition coefficient (Wildman–Crippen LogP) is 3.20.